The number of ether oxygens (including phenoxy) is 1. The lowest BCUT2D eigenvalue weighted by Crippen LogP contribution is -2.36. The molecule has 128 valence electrons. The number of rotatable bonds is 7. The van der Waals surface area contributed by atoms with Gasteiger partial charge in [-0.25, -0.2) is 15.0 Å². The Labute approximate surface area is 134 Å². The lowest BCUT2D eigenvalue weighted by atomic mass is 10.2. The highest BCUT2D eigenvalue weighted by atomic mass is 31.2. The van der Waals surface area contributed by atoms with E-state index < -0.39 is 19.0 Å². The van der Waals surface area contributed by atoms with Gasteiger partial charge in [0, 0.05) is 0 Å². The van der Waals surface area contributed by atoms with Gasteiger partial charge in [-0.2, -0.15) is 0 Å². The Morgan fingerprint density at radius 3 is 2.57 bits per heavy atom. The van der Waals surface area contributed by atoms with E-state index in [4.69, 9.17) is 10.5 Å². The third-order valence-corrected chi connectivity index (χ3v) is 5.74. The van der Waals surface area contributed by atoms with Crippen LogP contribution in [0.25, 0.3) is 11.2 Å². The van der Waals surface area contributed by atoms with E-state index in [0.29, 0.717) is 17.7 Å². The van der Waals surface area contributed by atoms with E-state index >= 15 is 0 Å². The minimum Gasteiger partial charge on any atom is -0.382 e. The molecule has 0 aliphatic rings. The average Bonchev–Trinajstić information content (AvgIpc) is 2.88. The largest absolute Gasteiger partial charge is 0.382 e. The molecule has 0 unspecified atom stereocenters. The van der Waals surface area contributed by atoms with Gasteiger partial charge < -0.3 is 24.8 Å². The van der Waals surface area contributed by atoms with Gasteiger partial charge >= 0.3 is 7.60 Å². The van der Waals surface area contributed by atoms with E-state index in [0.717, 1.165) is 0 Å². The van der Waals surface area contributed by atoms with E-state index in [2.05, 4.69) is 15.0 Å². The maximum atomic E-state index is 11.8. The number of nitrogens with two attached hydrogens (primary N) is 1. The van der Waals surface area contributed by atoms with Crippen molar-refractivity contribution in [2.45, 2.75) is 51.6 Å². The van der Waals surface area contributed by atoms with Crippen molar-refractivity contribution in [2.24, 2.45) is 0 Å². The van der Waals surface area contributed by atoms with Crippen molar-refractivity contribution in [1.29, 1.82) is 0 Å². The van der Waals surface area contributed by atoms with Crippen LogP contribution in [0.1, 0.15) is 33.6 Å². The highest BCUT2D eigenvalue weighted by Crippen LogP contribution is 2.55. The Kier molecular flexibility index (Phi) is 5.05. The van der Waals surface area contributed by atoms with Gasteiger partial charge in [0.2, 0.25) is 0 Å². The molecule has 9 nitrogen and oxygen atoms in total. The standard InChI is InChI=1S/C13H22N5O4P/c1-4-13(5-2,23(19,20)21)22-9(3)6-18-8-17-10-11(14)15-7-16-12(10)18/h7-9H,4-6H2,1-3H3,(H2,14,15,16)(H2,19,20,21)/t9-/m1/s1. The highest BCUT2D eigenvalue weighted by Gasteiger charge is 2.46. The summed E-state index contributed by atoms with van der Waals surface area (Å²) in [5.41, 5.74) is 6.79. The predicted molar refractivity (Wildman–Crippen MR) is 85.6 cm³/mol. The zero-order valence-corrected chi connectivity index (χ0v) is 14.3. The first-order chi connectivity index (χ1) is 10.7. The first kappa shape index (κ1) is 17.8. The van der Waals surface area contributed by atoms with Crippen LogP contribution < -0.4 is 5.73 Å². The minimum atomic E-state index is -4.40. The van der Waals surface area contributed by atoms with Crippen molar-refractivity contribution in [2.75, 3.05) is 5.73 Å². The molecular formula is C13H22N5O4P. The molecule has 1 atom stereocenters. The Morgan fingerprint density at radius 2 is 2.00 bits per heavy atom. The summed E-state index contributed by atoms with van der Waals surface area (Å²) in [6.07, 6.45) is 2.90. The number of aromatic nitrogens is 4. The maximum Gasteiger partial charge on any atom is 0.357 e. The molecule has 0 saturated carbocycles. The van der Waals surface area contributed by atoms with Gasteiger partial charge in [-0.15, -0.1) is 0 Å². The van der Waals surface area contributed by atoms with E-state index in [1.54, 1.807) is 31.7 Å². The summed E-state index contributed by atoms with van der Waals surface area (Å²) in [4.78, 5) is 31.5. The summed E-state index contributed by atoms with van der Waals surface area (Å²) in [5, 5.41) is -1.48. The van der Waals surface area contributed by atoms with E-state index in [9.17, 15) is 14.4 Å². The molecular weight excluding hydrogens is 321 g/mol. The molecule has 2 heterocycles. The molecule has 0 aromatic carbocycles. The Balaban J connectivity index is 2.22. The zero-order chi connectivity index (χ0) is 17.3. The molecule has 0 fully saturated rings. The zero-order valence-electron chi connectivity index (χ0n) is 13.4. The van der Waals surface area contributed by atoms with Gasteiger partial charge in [-0.1, -0.05) is 13.8 Å². The van der Waals surface area contributed by atoms with Crippen LogP contribution in [-0.4, -0.2) is 40.8 Å². The number of hydrogen-bond acceptors (Lipinski definition) is 6. The van der Waals surface area contributed by atoms with Crippen molar-refractivity contribution in [1.82, 2.24) is 19.5 Å². The summed E-state index contributed by atoms with van der Waals surface area (Å²) >= 11 is 0. The van der Waals surface area contributed by atoms with E-state index in [1.165, 1.54) is 6.33 Å². The van der Waals surface area contributed by atoms with Crippen molar-refractivity contribution in [3.05, 3.63) is 12.7 Å². The van der Waals surface area contributed by atoms with Crippen LogP contribution in [0.15, 0.2) is 12.7 Å². The number of nitrogen functional groups attached to an aromatic ring is 1. The number of anilines is 1. The number of fused-ring (bicyclic) bond motifs is 1. The summed E-state index contributed by atoms with van der Waals surface area (Å²) < 4.78 is 19.3. The number of imidazole rings is 1. The summed E-state index contributed by atoms with van der Waals surface area (Å²) in [6, 6.07) is 0. The van der Waals surface area contributed by atoms with E-state index in [1.807, 2.05) is 0 Å². The van der Waals surface area contributed by atoms with Crippen LogP contribution in [0.2, 0.25) is 0 Å². The summed E-state index contributed by atoms with van der Waals surface area (Å²) in [6.45, 7) is 5.51. The van der Waals surface area contributed by atoms with Crippen molar-refractivity contribution in [3.63, 3.8) is 0 Å². The van der Waals surface area contributed by atoms with Crippen LogP contribution >= 0.6 is 7.60 Å². The third-order valence-electron chi connectivity index (χ3n) is 3.94. The summed E-state index contributed by atoms with van der Waals surface area (Å²) in [5.74, 6) is 0.286. The van der Waals surface area contributed by atoms with Crippen molar-refractivity contribution < 1.29 is 19.1 Å². The molecule has 2 aromatic rings. The Morgan fingerprint density at radius 1 is 1.35 bits per heavy atom. The number of nitrogens with zero attached hydrogens (tertiary/aromatic N) is 4. The smallest absolute Gasteiger partial charge is 0.357 e. The van der Waals surface area contributed by atoms with Gasteiger partial charge in [0.1, 0.15) is 11.8 Å². The first-order valence-corrected chi connectivity index (χ1v) is 9.00. The fraction of sp³-hybridized carbons (Fsp3) is 0.615. The topological polar surface area (TPSA) is 136 Å². The van der Waals surface area contributed by atoms with E-state index in [-0.39, 0.29) is 18.7 Å². The van der Waals surface area contributed by atoms with Gasteiger partial charge in [-0.05, 0) is 19.8 Å². The molecule has 0 aliphatic carbocycles. The third kappa shape index (κ3) is 3.37. The molecule has 0 spiro atoms. The first-order valence-electron chi connectivity index (χ1n) is 7.39. The van der Waals surface area contributed by atoms with Crippen molar-refractivity contribution >= 4 is 24.6 Å². The molecule has 0 saturated heterocycles. The normalized spacial score (nSPS) is 14.3. The molecule has 0 amide bonds. The van der Waals surface area contributed by atoms with Gasteiger partial charge in [0.25, 0.3) is 0 Å². The molecule has 0 aliphatic heterocycles. The summed E-state index contributed by atoms with van der Waals surface area (Å²) in [7, 11) is -4.40. The molecule has 4 N–H and O–H groups in total. The highest BCUT2D eigenvalue weighted by molar-refractivity contribution is 7.53. The quantitative estimate of drug-likeness (QED) is 0.643. The molecule has 2 rings (SSSR count). The second kappa shape index (κ2) is 6.52. The predicted octanol–water partition coefficient (Wildman–Crippen LogP) is 1.51. The van der Waals surface area contributed by atoms with Crippen LogP contribution in [0.3, 0.4) is 0 Å². The lowest BCUT2D eigenvalue weighted by molar-refractivity contribution is -0.0571. The molecule has 10 heteroatoms. The van der Waals surface area contributed by atoms with Crippen LogP contribution in [-0.2, 0) is 15.8 Å². The SMILES string of the molecule is CCC(CC)(O[C@H](C)Cn1cnc2c(N)ncnc21)P(=O)(O)O. The monoisotopic (exact) mass is 343 g/mol. The molecule has 2 aromatic heterocycles. The molecule has 0 bridgehead atoms. The fourth-order valence-corrected chi connectivity index (χ4v) is 3.76. The lowest BCUT2D eigenvalue weighted by Gasteiger charge is -2.35. The second-order valence-electron chi connectivity index (χ2n) is 5.45. The Bertz CT molecular complexity index is 724. The molecule has 23 heavy (non-hydrogen) atoms. The minimum absolute atomic E-state index is 0.220. The van der Waals surface area contributed by atoms with Crippen molar-refractivity contribution in [3.8, 4) is 0 Å². The maximum absolute atomic E-state index is 11.8. The van der Waals surface area contributed by atoms with Crippen LogP contribution in [0, 0.1) is 0 Å². The molecule has 0 radical (unpaired) electrons. The Hall–Kier alpha value is -1.54. The number of hydrogen-bond donors (Lipinski definition) is 3. The fourth-order valence-electron chi connectivity index (χ4n) is 2.62. The van der Waals surface area contributed by atoms with Crippen LogP contribution in [0.4, 0.5) is 5.82 Å². The van der Waals surface area contributed by atoms with Gasteiger partial charge in [0.05, 0.1) is 19.0 Å². The second-order valence-corrected chi connectivity index (χ2v) is 7.36. The van der Waals surface area contributed by atoms with Gasteiger partial charge in [-0.3, -0.25) is 4.57 Å². The average molecular weight is 343 g/mol. The van der Waals surface area contributed by atoms with Gasteiger partial charge in [0.15, 0.2) is 16.8 Å². The van der Waals surface area contributed by atoms with Crippen LogP contribution in [0.5, 0.6) is 0 Å².